The van der Waals surface area contributed by atoms with Crippen molar-refractivity contribution in [1.82, 2.24) is 4.90 Å². The molecule has 1 fully saturated rings. The van der Waals surface area contributed by atoms with Crippen LogP contribution in [0.4, 0.5) is 5.69 Å². The van der Waals surface area contributed by atoms with Gasteiger partial charge in [-0.1, -0.05) is 36.4 Å². The number of amides is 1. The minimum absolute atomic E-state index is 0.0281. The van der Waals surface area contributed by atoms with Crippen LogP contribution in [0.3, 0.4) is 0 Å². The molecule has 0 bridgehead atoms. The van der Waals surface area contributed by atoms with E-state index in [1.165, 1.54) is 11.1 Å². The third kappa shape index (κ3) is 4.76. The molecule has 2 atom stereocenters. The Morgan fingerprint density at radius 3 is 2.37 bits per heavy atom. The molecule has 1 aliphatic heterocycles. The Balaban J connectivity index is 1.53. The highest BCUT2D eigenvalue weighted by molar-refractivity contribution is 5.94. The zero-order chi connectivity index (χ0) is 19.4. The summed E-state index contributed by atoms with van der Waals surface area (Å²) in [6, 6.07) is 15.7. The van der Waals surface area contributed by atoms with Crippen LogP contribution in [0, 0.1) is 19.8 Å². The molecule has 0 saturated carbocycles. The average molecular weight is 367 g/mol. The number of piperidine rings is 1. The van der Waals surface area contributed by atoms with Gasteiger partial charge in [0.1, 0.15) is 0 Å². The van der Waals surface area contributed by atoms with Gasteiger partial charge in [0.15, 0.2) is 0 Å². The molecule has 0 spiro atoms. The van der Waals surface area contributed by atoms with Gasteiger partial charge in [0.2, 0.25) is 5.91 Å². The van der Waals surface area contributed by atoms with E-state index in [2.05, 4.69) is 24.1 Å². The molecule has 27 heavy (non-hydrogen) atoms. The molecular formula is C23H30N2O2. The van der Waals surface area contributed by atoms with Crippen LogP contribution in [0.1, 0.15) is 42.6 Å². The number of nitrogens with one attached hydrogen (secondary N) is 1. The van der Waals surface area contributed by atoms with Crippen LogP contribution >= 0.6 is 0 Å². The number of anilines is 1. The van der Waals surface area contributed by atoms with E-state index in [1.54, 1.807) is 0 Å². The van der Waals surface area contributed by atoms with Crippen molar-refractivity contribution >= 4 is 11.6 Å². The lowest BCUT2D eigenvalue weighted by molar-refractivity contribution is -0.121. The first kappa shape index (κ1) is 19.6. The van der Waals surface area contributed by atoms with E-state index in [9.17, 15) is 9.90 Å². The second kappa shape index (κ2) is 8.68. The van der Waals surface area contributed by atoms with Crippen LogP contribution in [0.5, 0.6) is 0 Å². The summed E-state index contributed by atoms with van der Waals surface area (Å²) in [4.78, 5) is 14.9. The van der Waals surface area contributed by atoms with E-state index in [1.807, 2.05) is 55.5 Å². The second-order valence-electron chi connectivity index (χ2n) is 7.69. The van der Waals surface area contributed by atoms with Gasteiger partial charge in [-0.3, -0.25) is 9.69 Å². The lowest BCUT2D eigenvalue weighted by Gasteiger charge is -2.37. The van der Waals surface area contributed by atoms with Crippen molar-refractivity contribution in [2.24, 2.45) is 5.92 Å². The molecule has 2 aromatic carbocycles. The number of hydrogen-bond acceptors (Lipinski definition) is 3. The van der Waals surface area contributed by atoms with Gasteiger partial charge < -0.3 is 10.4 Å². The number of carbonyl (C=O) groups is 1. The summed E-state index contributed by atoms with van der Waals surface area (Å²) in [7, 11) is 0. The Labute approximate surface area is 162 Å². The van der Waals surface area contributed by atoms with Crippen LogP contribution in [-0.4, -0.2) is 35.0 Å². The van der Waals surface area contributed by atoms with Crippen molar-refractivity contribution in [3.8, 4) is 0 Å². The van der Waals surface area contributed by atoms with E-state index in [0.29, 0.717) is 0 Å². The zero-order valence-electron chi connectivity index (χ0n) is 16.5. The fourth-order valence-electron chi connectivity index (χ4n) is 3.78. The van der Waals surface area contributed by atoms with Crippen LogP contribution in [0.15, 0.2) is 48.5 Å². The number of aliphatic hydroxyl groups is 1. The third-order valence-electron chi connectivity index (χ3n) is 5.86. The molecule has 1 heterocycles. The normalized spacial score (nSPS) is 18.1. The summed E-state index contributed by atoms with van der Waals surface area (Å²) in [5, 5.41) is 13.7. The summed E-state index contributed by atoms with van der Waals surface area (Å²) in [5.41, 5.74) is 4.23. The summed E-state index contributed by atoms with van der Waals surface area (Å²) in [5.74, 6) is 0.277. The molecule has 2 unspecified atom stereocenters. The van der Waals surface area contributed by atoms with Crippen LogP contribution in [0.25, 0.3) is 0 Å². The molecule has 0 aromatic heterocycles. The highest BCUT2D eigenvalue weighted by Gasteiger charge is 2.30. The molecule has 2 aromatic rings. The largest absolute Gasteiger partial charge is 0.388 e. The van der Waals surface area contributed by atoms with Gasteiger partial charge in [-0.05, 0) is 81.4 Å². The molecule has 0 radical (unpaired) electrons. The Hall–Kier alpha value is -2.17. The molecule has 1 aliphatic rings. The van der Waals surface area contributed by atoms with Crippen LogP contribution < -0.4 is 5.32 Å². The van der Waals surface area contributed by atoms with E-state index in [-0.39, 0.29) is 17.9 Å². The van der Waals surface area contributed by atoms with Crippen LogP contribution in [0.2, 0.25) is 0 Å². The van der Waals surface area contributed by atoms with E-state index in [4.69, 9.17) is 0 Å². The molecular weight excluding hydrogens is 336 g/mol. The first-order valence-electron chi connectivity index (χ1n) is 9.81. The van der Waals surface area contributed by atoms with Gasteiger partial charge in [-0.2, -0.15) is 0 Å². The lowest BCUT2D eigenvalue weighted by Crippen LogP contribution is -2.46. The summed E-state index contributed by atoms with van der Waals surface area (Å²) < 4.78 is 0. The van der Waals surface area contributed by atoms with E-state index >= 15 is 0 Å². The van der Waals surface area contributed by atoms with Gasteiger partial charge in [-0.25, -0.2) is 0 Å². The summed E-state index contributed by atoms with van der Waals surface area (Å²) >= 11 is 0. The van der Waals surface area contributed by atoms with Gasteiger partial charge in [0.25, 0.3) is 0 Å². The van der Waals surface area contributed by atoms with Gasteiger partial charge >= 0.3 is 0 Å². The van der Waals surface area contributed by atoms with Crippen molar-refractivity contribution in [3.63, 3.8) is 0 Å². The Kier molecular flexibility index (Phi) is 6.30. The zero-order valence-corrected chi connectivity index (χ0v) is 16.5. The minimum atomic E-state index is -0.423. The highest BCUT2D eigenvalue weighted by atomic mass is 16.3. The molecule has 0 aliphatic carbocycles. The molecule has 2 N–H and O–H groups in total. The Bertz CT molecular complexity index is 767. The van der Waals surface area contributed by atoms with Crippen molar-refractivity contribution in [1.29, 1.82) is 0 Å². The molecule has 4 heteroatoms. The summed E-state index contributed by atoms with van der Waals surface area (Å²) in [6.45, 7) is 7.74. The van der Waals surface area contributed by atoms with Gasteiger partial charge in [0.05, 0.1) is 12.1 Å². The quantitative estimate of drug-likeness (QED) is 0.838. The SMILES string of the molecule is Cc1ccc(NC(=O)C(C)N2CCC(C(O)c3ccccc3)CC2)cc1C. The predicted molar refractivity (Wildman–Crippen MR) is 110 cm³/mol. The lowest BCUT2D eigenvalue weighted by atomic mass is 9.87. The molecule has 4 nitrogen and oxygen atoms in total. The first-order valence-corrected chi connectivity index (χ1v) is 9.81. The molecule has 1 amide bonds. The van der Waals surface area contributed by atoms with Crippen molar-refractivity contribution in [2.75, 3.05) is 18.4 Å². The molecule has 1 saturated heterocycles. The Morgan fingerprint density at radius 1 is 1.07 bits per heavy atom. The van der Waals surface area contributed by atoms with Crippen molar-refractivity contribution in [3.05, 3.63) is 65.2 Å². The monoisotopic (exact) mass is 366 g/mol. The predicted octanol–water partition coefficient (Wildman–Crippen LogP) is 4.08. The topological polar surface area (TPSA) is 52.6 Å². The van der Waals surface area contributed by atoms with Crippen molar-refractivity contribution in [2.45, 2.75) is 45.8 Å². The second-order valence-corrected chi connectivity index (χ2v) is 7.69. The number of carbonyl (C=O) groups excluding carboxylic acids is 1. The average Bonchev–Trinajstić information content (AvgIpc) is 2.70. The third-order valence-corrected chi connectivity index (χ3v) is 5.86. The first-order chi connectivity index (χ1) is 13.0. The standard InChI is InChI=1S/C23H30N2O2/c1-16-9-10-21(15-17(16)2)24-23(27)18(3)25-13-11-20(12-14-25)22(26)19-7-5-4-6-8-19/h4-10,15,18,20,22,26H,11-14H2,1-3H3,(H,24,27). The number of benzene rings is 2. The fraction of sp³-hybridized carbons (Fsp3) is 0.435. The molecule has 144 valence electrons. The summed E-state index contributed by atoms with van der Waals surface area (Å²) in [6.07, 6.45) is 1.38. The Morgan fingerprint density at radius 2 is 1.74 bits per heavy atom. The fourth-order valence-corrected chi connectivity index (χ4v) is 3.78. The van der Waals surface area contributed by atoms with Gasteiger partial charge in [0, 0.05) is 5.69 Å². The maximum atomic E-state index is 12.6. The highest BCUT2D eigenvalue weighted by Crippen LogP contribution is 2.31. The maximum absolute atomic E-state index is 12.6. The maximum Gasteiger partial charge on any atom is 0.241 e. The van der Waals surface area contributed by atoms with Gasteiger partial charge in [-0.15, -0.1) is 0 Å². The van der Waals surface area contributed by atoms with Crippen LogP contribution in [-0.2, 0) is 4.79 Å². The number of aryl methyl sites for hydroxylation is 2. The number of nitrogens with zero attached hydrogens (tertiary/aromatic N) is 1. The number of aliphatic hydroxyl groups excluding tert-OH is 1. The molecule has 3 rings (SSSR count). The van der Waals surface area contributed by atoms with E-state index < -0.39 is 6.10 Å². The minimum Gasteiger partial charge on any atom is -0.388 e. The number of rotatable bonds is 5. The number of hydrogen-bond donors (Lipinski definition) is 2. The smallest absolute Gasteiger partial charge is 0.241 e. The van der Waals surface area contributed by atoms with Crippen molar-refractivity contribution < 1.29 is 9.90 Å². The number of likely N-dealkylation sites (tertiary alicyclic amines) is 1. The van der Waals surface area contributed by atoms with E-state index in [0.717, 1.165) is 37.2 Å².